The van der Waals surface area contributed by atoms with Crippen LogP contribution < -0.4 is 11.3 Å². The van der Waals surface area contributed by atoms with E-state index in [1.165, 1.54) is 12.4 Å². The number of fused-ring (bicyclic) bond motifs is 1. The van der Waals surface area contributed by atoms with Gasteiger partial charge in [-0.05, 0) is 6.07 Å². The van der Waals surface area contributed by atoms with Gasteiger partial charge in [0.2, 0.25) is 0 Å². The lowest BCUT2D eigenvalue weighted by Gasteiger charge is -1.99. The summed E-state index contributed by atoms with van der Waals surface area (Å²) in [6, 6.07) is 1.50. The first-order valence-electron chi connectivity index (χ1n) is 3.86. The van der Waals surface area contributed by atoms with Gasteiger partial charge in [-0.1, -0.05) is 0 Å². The summed E-state index contributed by atoms with van der Waals surface area (Å²) in [5.74, 6) is -0.267. The molecule has 6 nitrogen and oxygen atoms in total. The Morgan fingerprint density at radius 2 is 2.36 bits per heavy atom. The van der Waals surface area contributed by atoms with E-state index < -0.39 is 5.56 Å². The van der Waals surface area contributed by atoms with Gasteiger partial charge in [0.25, 0.3) is 5.56 Å². The van der Waals surface area contributed by atoms with Crippen LogP contribution in [0.4, 0.5) is 0 Å². The molecular formula is C8H7N5O. The van der Waals surface area contributed by atoms with E-state index >= 15 is 0 Å². The van der Waals surface area contributed by atoms with Crippen molar-refractivity contribution in [1.82, 2.24) is 15.0 Å². The minimum atomic E-state index is -0.413. The molecule has 0 bridgehead atoms. The minimum Gasteiger partial charge on any atom is -0.384 e. The Balaban J connectivity index is 2.84. The summed E-state index contributed by atoms with van der Waals surface area (Å²) in [5.41, 5.74) is 5.39. The van der Waals surface area contributed by atoms with Crippen molar-refractivity contribution >= 4 is 16.9 Å². The average molecular weight is 189 g/mol. The number of nitrogens with one attached hydrogen (secondary N) is 2. The fourth-order valence-corrected chi connectivity index (χ4v) is 1.15. The molecule has 0 amide bonds. The van der Waals surface area contributed by atoms with Crippen molar-refractivity contribution in [3.05, 3.63) is 34.5 Å². The number of hydrogen-bond donors (Lipinski definition) is 3. The Labute approximate surface area is 78.3 Å². The zero-order valence-corrected chi connectivity index (χ0v) is 7.11. The van der Waals surface area contributed by atoms with Crippen molar-refractivity contribution in [2.75, 3.05) is 0 Å². The molecule has 0 aliphatic heterocycles. The van der Waals surface area contributed by atoms with E-state index in [0.29, 0.717) is 11.0 Å². The molecule has 0 spiro atoms. The molecule has 2 rings (SSSR count). The second-order valence-electron chi connectivity index (χ2n) is 2.75. The van der Waals surface area contributed by atoms with Gasteiger partial charge in [0.05, 0.1) is 5.56 Å². The number of aromatic nitrogens is 3. The maximum Gasteiger partial charge on any atom is 0.260 e. The molecule has 0 aromatic carbocycles. The van der Waals surface area contributed by atoms with E-state index in [0.717, 1.165) is 0 Å². The summed E-state index contributed by atoms with van der Waals surface area (Å²) in [6.45, 7) is 0. The smallest absolute Gasteiger partial charge is 0.260 e. The normalized spacial score (nSPS) is 10.3. The summed E-state index contributed by atoms with van der Waals surface area (Å²) < 4.78 is 0. The monoisotopic (exact) mass is 189 g/mol. The number of nitrogens with two attached hydrogens (primary N) is 1. The van der Waals surface area contributed by atoms with Gasteiger partial charge in [0, 0.05) is 11.6 Å². The number of aromatic amines is 1. The van der Waals surface area contributed by atoms with E-state index in [2.05, 4.69) is 15.0 Å². The molecule has 0 unspecified atom stereocenters. The molecule has 2 aromatic heterocycles. The number of rotatable bonds is 1. The first-order valence-corrected chi connectivity index (χ1v) is 3.86. The van der Waals surface area contributed by atoms with Crippen LogP contribution in [0.1, 0.15) is 5.56 Å². The largest absolute Gasteiger partial charge is 0.384 e. The third-order valence-electron chi connectivity index (χ3n) is 1.81. The van der Waals surface area contributed by atoms with Gasteiger partial charge in [-0.3, -0.25) is 10.2 Å². The van der Waals surface area contributed by atoms with Crippen LogP contribution in [0, 0.1) is 5.41 Å². The lowest BCUT2D eigenvalue weighted by Crippen LogP contribution is -2.23. The van der Waals surface area contributed by atoms with E-state index in [4.69, 9.17) is 11.1 Å². The molecule has 6 heteroatoms. The van der Waals surface area contributed by atoms with Gasteiger partial charge in [-0.15, -0.1) is 0 Å². The van der Waals surface area contributed by atoms with Gasteiger partial charge in [-0.25, -0.2) is 9.97 Å². The van der Waals surface area contributed by atoms with Crippen LogP contribution in [0.5, 0.6) is 0 Å². The van der Waals surface area contributed by atoms with Crippen molar-refractivity contribution in [2.45, 2.75) is 0 Å². The topological polar surface area (TPSA) is 109 Å². The maximum atomic E-state index is 11.3. The van der Waals surface area contributed by atoms with Gasteiger partial charge in [-0.2, -0.15) is 0 Å². The lowest BCUT2D eigenvalue weighted by atomic mass is 10.2. The molecule has 2 heterocycles. The number of amidine groups is 1. The third kappa shape index (κ3) is 1.22. The zero-order valence-electron chi connectivity index (χ0n) is 7.11. The van der Waals surface area contributed by atoms with Crippen molar-refractivity contribution in [3.63, 3.8) is 0 Å². The van der Waals surface area contributed by atoms with Crippen LogP contribution >= 0.6 is 0 Å². The van der Waals surface area contributed by atoms with Gasteiger partial charge >= 0.3 is 0 Å². The molecule has 0 saturated heterocycles. The Kier molecular flexibility index (Phi) is 1.74. The number of H-pyrrole nitrogens is 1. The Bertz CT molecular complexity index is 559. The molecule has 14 heavy (non-hydrogen) atoms. The van der Waals surface area contributed by atoms with Crippen molar-refractivity contribution < 1.29 is 0 Å². The first-order chi connectivity index (χ1) is 6.68. The predicted octanol–water partition coefficient (Wildman–Crippen LogP) is -0.398. The predicted molar refractivity (Wildman–Crippen MR) is 51.2 cm³/mol. The second-order valence-corrected chi connectivity index (χ2v) is 2.75. The number of hydrogen-bond acceptors (Lipinski definition) is 4. The highest BCUT2D eigenvalue weighted by Gasteiger charge is 2.05. The molecule has 0 atom stereocenters. The number of pyridine rings is 1. The van der Waals surface area contributed by atoms with E-state index in [1.54, 1.807) is 6.20 Å². The molecule has 0 radical (unpaired) electrons. The summed E-state index contributed by atoms with van der Waals surface area (Å²) in [5, 5.41) is 7.82. The minimum absolute atomic E-state index is 0.132. The molecular weight excluding hydrogens is 182 g/mol. The lowest BCUT2D eigenvalue weighted by molar-refractivity contribution is 1.15. The molecule has 2 aromatic rings. The fourth-order valence-electron chi connectivity index (χ4n) is 1.15. The standard InChI is InChI=1S/C8H7N5O/c9-6(10)5-1-4-2-11-3-12-7(4)13-8(5)14/h1-3H,(H3,9,10)(H,11,12,13,14). The summed E-state index contributed by atoms with van der Waals surface area (Å²) in [4.78, 5) is 21.5. The SMILES string of the molecule is N=C(N)c1cc2cncnc2[nH]c1=O. The third-order valence-corrected chi connectivity index (χ3v) is 1.81. The second kappa shape index (κ2) is 2.91. The van der Waals surface area contributed by atoms with Gasteiger partial charge < -0.3 is 10.7 Å². The zero-order chi connectivity index (χ0) is 10.1. The Morgan fingerprint density at radius 1 is 1.57 bits per heavy atom. The molecule has 4 N–H and O–H groups in total. The van der Waals surface area contributed by atoms with Crippen LogP contribution in [-0.4, -0.2) is 20.8 Å². The van der Waals surface area contributed by atoms with Crippen LogP contribution in [-0.2, 0) is 0 Å². The van der Waals surface area contributed by atoms with Crippen LogP contribution in [0.25, 0.3) is 11.0 Å². The van der Waals surface area contributed by atoms with Crippen molar-refractivity contribution in [3.8, 4) is 0 Å². The Morgan fingerprint density at radius 3 is 3.07 bits per heavy atom. The summed E-state index contributed by atoms with van der Waals surface area (Å²) >= 11 is 0. The van der Waals surface area contributed by atoms with E-state index in [9.17, 15) is 4.79 Å². The van der Waals surface area contributed by atoms with E-state index in [1.807, 2.05) is 0 Å². The quantitative estimate of drug-likeness (QED) is 0.419. The van der Waals surface area contributed by atoms with E-state index in [-0.39, 0.29) is 11.4 Å². The maximum absolute atomic E-state index is 11.3. The highest BCUT2D eigenvalue weighted by atomic mass is 16.1. The highest BCUT2D eigenvalue weighted by molar-refractivity contribution is 5.97. The summed E-state index contributed by atoms with van der Waals surface area (Å²) in [7, 11) is 0. The summed E-state index contributed by atoms with van der Waals surface area (Å²) in [6.07, 6.45) is 2.89. The van der Waals surface area contributed by atoms with Gasteiger partial charge in [0.1, 0.15) is 17.8 Å². The van der Waals surface area contributed by atoms with Crippen LogP contribution in [0.2, 0.25) is 0 Å². The molecule has 0 fully saturated rings. The van der Waals surface area contributed by atoms with Crippen LogP contribution in [0.3, 0.4) is 0 Å². The fraction of sp³-hybridized carbons (Fsp3) is 0. The molecule has 0 aliphatic rings. The highest BCUT2D eigenvalue weighted by Crippen LogP contribution is 2.04. The number of nitrogens with zero attached hydrogens (tertiary/aromatic N) is 2. The first kappa shape index (κ1) is 8.36. The van der Waals surface area contributed by atoms with Crippen molar-refractivity contribution in [2.24, 2.45) is 5.73 Å². The molecule has 0 aliphatic carbocycles. The molecule has 0 saturated carbocycles. The van der Waals surface area contributed by atoms with Crippen molar-refractivity contribution in [1.29, 1.82) is 5.41 Å². The van der Waals surface area contributed by atoms with Crippen LogP contribution in [0.15, 0.2) is 23.4 Å². The average Bonchev–Trinajstić information content (AvgIpc) is 2.16. The number of nitrogen functional groups attached to an aromatic ring is 1. The Hall–Kier alpha value is -2.24. The van der Waals surface area contributed by atoms with Gasteiger partial charge in [0.15, 0.2) is 0 Å². The molecule has 70 valence electrons.